The van der Waals surface area contributed by atoms with Gasteiger partial charge in [-0.2, -0.15) is 0 Å². The lowest BCUT2D eigenvalue weighted by Gasteiger charge is -2.00. The van der Waals surface area contributed by atoms with Crippen LogP contribution >= 0.6 is 0 Å². The maximum atomic E-state index is 4.92. The van der Waals surface area contributed by atoms with E-state index in [1.165, 1.54) is 12.8 Å². The van der Waals surface area contributed by atoms with Crippen LogP contribution in [-0.2, 0) is 4.74 Å². The smallest absolute Gasteiger partial charge is 0.0587 e. The van der Waals surface area contributed by atoms with Crippen LogP contribution in [0.25, 0.3) is 0 Å². The third kappa shape index (κ3) is 5.33. The molecule has 0 radical (unpaired) electrons. The van der Waals surface area contributed by atoms with Crippen molar-refractivity contribution in [2.24, 2.45) is 5.92 Å². The van der Waals surface area contributed by atoms with Crippen molar-refractivity contribution in [1.29, 1.82) is 0 Å². The largest absolute Gasteiger partial charge is 0.383 e. The maximum absolute atomic E-state index is 4.92. The van der Waals surface area contributed by atoms with Gasteiger partial charge in [0.05, 0.1) is 6.61 Å². The Morgan fingerprint density at radius 2 is 2.25 bits per heavy atom. The van der Waals surface area contributed by atoms with Crippen molar-refractivity contribution < 1.29 is 4.74 Å². The van der Waals surface area contributed by atoms with Gasteiger partial charge in [-0.15, -0.1) is 0 Å². The summed E-state index contributed by atoms with van der Waals surface area (Å²) in [5, 5.41) is 3.30. The van der Waals surface area contributed by atoms with Crippen LogP contribution in [-0.4, -0.2) is 26.8 Å². The minimum atomic E-state index is 0.812. The van der Waals surface area contributed by atoms with E-state index in [0.717, 1.165) is 32.0 Å². The summed E-state index contributed by atoms with van der Waals surface area (Å²) in [5.41, 5.74) is 0. The van der Waals surface area contributed by atoms with Crippen LogP contribution in [0.4, 0.5) is 0 Å². The highest BCUT2D eigenvalue weighted by Gasteiger charge is 2.16. The Kier molecular flexibility index (Phi) is 5.04. The van der Waals surface area contributed by atoms with Gasteiger partial charge in [0.15, 0.2) is 0 Å². The monoisotopic (exact) mass is 169 g/mol. The van der Waals surface area contributed by atoms with Gasteiger partial charge >= 0.3 is 0 Å². The molecule has 2 nitrogen and oxygen atoms in total. The van der Waals surface area contributed by atoms with Crippen molar-refractivity contribution in [3.63, 3.8) is 0 Å². The topological polar surface area (TPSA) is 21.3 Å². The Hall–Kier alpha value is -0.340. The standard InChI is InChI=1S/C10H19NO/c1-12-9-8-11-7-3-2-4-10-5-6-10/h2,4,10-11H,3,5-9H2,1H3. The lowest BCUT2D eigenvalue weighted by Crippen LogP contribution is -2.19. The number of allylic oxidation sites excluding steroid dienone is 1. The Labute approximate surface area is 75.0 Å². The Balaban J connectivity index is 1.75. The molecule has 1 fully saturated rings. The predicted molar refractivity (Wildman–Crippen MR) is 51.2 cm³/mol. The van der Waals surface area contributed by atoms with E-state index in [0.29, 0.717) is 0 Å². The molecule has 0 aromatic heterocycles. The fourth-order valence-corrected chi connectivity index (χ4v) is 1.06. The van der Waals surface area contributed by atoms with Crippen LogP contribution in [0.15, 0.2) is 12.2 Å². The van der Waals surface area contributed by atoms with Crippen molar-refractivity contribution in [3.05, 3.63) is 12.2 Å². The summed E-state index contributed by atoms with van der Waals surface area (Å²) in [6.07, 6.45) is 8.61. The summed E-state index contributed by atoms with van der Waals surface area (Å²) >= 11 is 0. The normalized spacial score (nSPS) is 17.4. The molecule has 0 aromatic carbocycles. The van der Waals surface area contributed by atoms with Gasteiger partial charge in [-0.25, -0.2) is 0 Å². The molecule has 1 aliphatic rings. The highest BCUT2D eigenvalue weighted by Crippen LogP contribution is 2.29. The second-order valence-electron chi connectivity index (χ2n) is 3.30. The first kappa shape index (κ1) is 9.75. The molecule has 0 aliphatic heterocycles. The van der Waals surface area contributed by atoms with E-state index in [1.54, 1.807) is 7.11 Å². The molecule has 0 heterocycles. The van der Waals surface area contributed by atoms with E-state index in [4.69, 9.17) is 4.74 Å². The van der Waals surface area contributed by atoms with Gasteiger partial charge in [0, 0.05) is 13.7 Å². The molecule has 0 atom stereocenters. The molecule has 0 aromatic rings. The van der Waals surface area contributed by atoms with E-state index in [2.05, 4.69) is 17.5 Å². The molecule has 1 saturated carbocycles. The first-order chi connectivity index (χ1) is 5.93. The highest BCUT2D eigenvalue weighted by molar-refractivity contribution is 4.95. The maximum Gasteiger partial charge on any atom is 0.0587 e. The quantitative estimate of drug-likeness (QED) is 0.461. The Morgan fingerprint density at radius 1 is 1.42 bits per heavy atom. The summed E-state index contributed by atoms with van der Waals surface area (Å²) < 4.78 is 4.92. The van der Waals surface area contributed by atoms with Gasteiger partial charge in [-0.3, -0.25) is 0 Å². The molecule has 0 bridgehead atoms. The molecule has 1 rings (SSSR count). The number of rotatable bonds is 7. The molecular formula is C10H19NO. The Morgan fingerprint density at radius 3 is 2.92 bits per heavy atom. The Bertz CT molecular complexity index is 130. The summed E-state index contributed by atoms with van der Waals surface area (Å²) in [6, 6.07) is 0. The van der Waals surface area contributed by atoms with E-state index in [1.807, 2.05) is 0 Å². The third-order valence-corrected chi connectivity index (χ3v) is 2.00. The highest BCUT2D eigenvalue weighted by atomic mass is 16.5. The molecule has 0 saturated heterocycles. The molecular weight excluding hydrogens is 150 g/mol. The number of nitrogens with one attached hydrogen (secondary N) is 1. The fourth-order valence-electron chi connectivity index (χ4n) is 1.06. The van der Waals surface area contributed by atoms with Gasteiger partial charge < -0.3 is 10.1 Å². The second kappa shape index (κ2) is 6.21. The van der Waals surface area contributed by atoms with Gasteiger partial charge in [0.2, 0.25) is 0 Å². The summed E-state index contributed by atoms with van der Waals surface area (Å²) in [6.45, 7) is 2.85. The van der Waals surface area contributed by atoms with Crippen LogP contribution in [0.2, 0.25) is 0 Å². The summed E-state index contributed by atoms with van der Waals surface area (Å²) in [7, 11) is 1.73. The number of hydrogen-bond donors (Lipinski definition) is 1. The van der Waals surface area contributed by atoms with Crippen molar-refractivity contribution in [1.82, 2.24) is 5.32 Å². The molecule has 1 N–H and O–H groups in total. The van der Waals surface area contributed by atoms with E-state index < -0.39 is 0 Å². The van der Waals surface area contributed by atoms with Crippen LogP contribution in [0.3, 0.4) is 0 Å². The molecule has 1 aliphatic carbocycles. The number of hydrogen-bond acceptors (Lipinski definition) is 2. The zero-order valence-electron chi connectivity index (χ0n) is 7.88. The van der Waals surface area contributed by atoms with Crippen molar-refractivity contribution >= 4 is 0 Å². The fraction of sp³-hybridized carbons (Fsp3) is 0.800. The minimum absolute atomic E-state index is 0.812. The summed E-state index contributed by atoms with van der Waals surface area (Å²) in [5.74, 6) is 0.920. The van der Waals surface area contributed by atoms with Crippen molar-refractivity contribution in [2.75, 3.05) is 26.8 Å². The zero-order valence-corrected chi connectivity index (χ0v) is 7.88. The van der Waals surface area contributed by atoms with Gasteiger partial charge in [0.1, 0.15) is 0 Å². The molecule has 0 spiro atoms. The average molecular weight is 169 g/mol. The second-order valence-corrected chi connectivity index (χ2v) is 3.30. The SMILES string of the molecule is COCCNCCC=CC1CC1. The minimum Gasteiger partial charge on any atom is -0.383 e. The lowest BCUT2D eigenvalue weighted by atomic mass is 10.3. The zero-order chi connectivity index (χ0) is 8.65. The molecule has 2 heteroatoms. The average Bonchev–Trinajstić information content (AvgIpc) is 2.87. The number of ether oxygens (including phenoxy) is 1. The van der Waals surface area contributed by atoms with Gasteiger partial charge in [0.25, 0.3) is 0 Å². The summed E-state index contributed by atoms with van der Waals surface area (Å²) in [4.78, 5) is 0. The van der Waals surface area contributed by atoms with Crippen molar-refractivity contribution in [3.8, 4) is 0 Å². The molecule has 12 heavy (non-hydrogen) atoms. The predicted octanol–water partition coefficient (Wildman–Crippen LogP) is 1.58. The molecule has 0 unspecified atom stereocenters. The van der Waals surface area contributed by atoms with Crippen molar-refractivity contribution in [2.45, 2.75) is 19.3 Å². The van der Waals surface area contributed by atoms with Crippen LogP contribution in [0.1, 0.15) is 19.3 Å². The van der Waals surface area contributed by atoms with E-state index in [-0.39, 0.29) is 0 Å². The lowest BCUT2D eigenvalue weighted by molar-refractivity contribution is 0.199. The van der Waals surface area contributed by atoms with E-state index >= 15 is 0 Å². The van der Waals surface area contributed by atoms with Crippen LogP contribution in [0, 0.1) is 5.92 Å². The van der Waals surface area contributed by atoms with Gasteiger partial charge in [-0.1, -0.05) is 12.2 Å². The first-order valence-electron chi connectivity index (χ1n) is 4.80. The molecule has 0 amide bonds. The van der Waals surface area contributed by atoms with E-state index in [9.17, 15) is 0 Å². The van der Waals surface area contributed by atoms with Crippen LogP contribution in [0.5, 0.6) is 0 Å². The first-order valence-corrected chi connectivity index (χ1v) is 4.80. The van der Waals surface area contributed by atoms with Gasteiger partial charge in [-0.05, 0) is 31.7 Å². The third-order valence-electron chi connectivity index (χ3n) is 2.00. The number of methoxy groups -OCH3 is 1. The molecule has 70 valence electrons. The van der Waals surface area contributed by atoms with Crippen LogP contribution < -0.4 is 5.32 Å².